The highest BCUT2D eigenvalue weighted by atomic mass is 32.1. The molecular formula is C21H17F3N4OS. The van der Waals surface area contributed by atoms with Crippen LogP contribution in [0.15, 0.2) is 48.5 Å². The summed E-state index contributed by atoms with van der Waals surface area (Å²) in [5.41, 5.74) is 2.72. The first-order chi connectivity index (χ1) is 14.2. The minimum absolute atomic E-state index is 0.200. The molecule has 0 bridgehead atoms. The van der Waals surface area contributed by atoms with E-state index in [-0.39, 0.29) is 5.69 Å². The molecule has 4 aromatic rings. The molecule has 1 N–H and O–H groups in total. The first kappa shape index (κ1) is 20.1. The molecule has 4 rings (SSSR count). The number of aryl methyl sites for hydroxylation is 2. The minimum atomic E-state index is -4.57. The highest BCUT2D eigenvalue weighted by Crippen LogP contribution is 2.32. The van der Waals surface area contributed by atoms with Crippen molar-refractivity contribution in [3.63, 3.8) is 0 Å². The number of alkyl halides is 3. The van der Waals surface area contributed by atoms with E-state index in [0.29, 0.717) is 10.4 Å². The molecular weight excluding hydrogens is 413 g/mol. The number of benzene rings is 2. The maximum Gasteiger partial charge on any atom is 0.433 e. The Hall–Kier alpha value is -3.20. The molecule has 154 valence electrons. The molecule has 0 saturated heterocycles. The number of carbonyl (C=O) groups excluding carboxylic acids is 1. The standard InChI is InChI=1S/C21H17F3N4OS/c1-12-3-8-16-17(9-12)30-20(26-16)14-4-6-15(7-5-14)25-19(29)11-28-18(21(22,23)24)10-13(2)27-28/h3-10H,11H2,1-2H3,(H,25,29). The lowest BCUT2D eigenvalue weighted by Gasteiger charge is -2.10. The first-order valence-electron chi connectivity index (χ1n) is 9.08. The van der Waals surface area contributed by atoms with Crippen LogP contribution in [0.25, 0.3) is 20.8 Å². The number of nitrogens with zero attached hydrogens (tertiary/aromatic N) is 3. The molecule has 0 unspecified atom stereocenters. The monoisotopic (exact) mass is 430 g/mol. The van der Waals surface area contributed by atoms with Crippen molar-refractivity contribution in [3.05, 3.63) is 65.5 Å². The number of anilines is 1. The van der Waals surface area contributed by atoms with Gasteiger partial charge in [0.2, 0.25) is 5.91 Å². The zero-order valence-electron chi connectivity index (χ0n) is 16.1. The van der Waals surface area contributed by atoms with Crippen LogP contribution < -0.4 is 5.32 Å². The summed E-state index contributed by atoms with van der Waals surface area (Å²) in [4.78, 5) is 16.8. The van der Waals surface area contributed by atoms with Gasteiger partial charge < -0.3 is 5.32 Å². The number of hydrogen-bond donors (Lipinski definition) is 1. The summed E-state index contributed by atoms with van der Waals surface area (Å²) in [7, 11) is 0. The second-order valence-corrected chi connectivity index (χ2v) is 7.97. The molecule has 30 heavy (non-hydrogen) atoms. The van der Waals surface area contributed by atoms with Crippen LogP contribution in [-0.2, 0) is 17.5 Å². The predicted octanol–water partition coefficient (Wildman–Crippen LogP) is 5.43. The second-order valence-electron chi connectivity index (χ2n) is 6.94. The Kier molecular flexibility index (Phi) is 5.07. The van der Waals surface area contributed by atoms with Crippen LogP contribution in [0.2, 0.25) is 0 Å². The number of amides is 1. The van der Waals surface area contributed by atoms with Gasteiger partial charge in [0.05, 0.1) is 15.9 Å². The van der Waals surface area contributed by atoms with Crippen molar-refractivity contribution >= 4 is 33.1 Å². The molecule has 0 fully saturated rings. The average Bonchev–Trinajstić information content (AvgIpc) is 3.25. The van der Waals surface area contributed by atoms with E-state index in [4.69, 9.17) is 0 Å². The molecule has 2 aromatic carbocycles. The summed E-state index contributed by atoms with van der Waals surface area (Å²) in [5, 5.41) is 7.23. The first-order valence-corrected chi connectivity index (χ1v) is 9.90. The fourth-order valence-corrected chi connectivity index (χ4v) is 4.15. The van der Waals surface area contributed by atoms with Crippen LogP contribution in [0.1, 0.15) is 17.0 Å². The van der Waals surface area contributed by atoms with Gasteiger partial charge in [-0.15, -0.1) is 11.3 Å². The number of rotatable bonds is 4. The van der Waals surface area contributed by atoms with Crippen molar-refractivity contribution in [3.8, 4) is 10.6 Å². The summed E-state index contributed by atoms with van der Waals surface area (Å²) >= 11 is 1.58. The van der Waals surface area contributed by atoms with Gasteiger partial charge >= 0.3 is 6.18 Å². The van der Waals surface area contributed by atoms with E-state index in [1.165, 1.54) is 6.92 Å². The van der Waals surface area contributed by atoms with E-state index in [9.17, 15) is 18.0 Å². The Morgan fingerprint density at radius 2 is 1.83 bits per heavy atom. The van der Waals surface area contributed by atoms with Crippen molar-refractivity contribution in [1.82, 2.24) is 14.8 Å². The molecule has 0 saturated carbocycles. The predicted molar refractivity (Wildman–Crippen MR) is 110 cm³/mol. The lowest BCUT2D eigenvalue weighted by Crippen LogP contribution is -2.23. The largest absolute Gasteiger partial charge is 0.433 e. The van der Waals surface area contributed by atoms with Crippen molar-refractivity contribution in [2.24, 2.45) is 0 Å². The van der Waals surface area contributed by atoms with E-state index in [1.54, 1.807) is 23.5 Å². The van der Waals surface area contributed by atoms with Crippen molar-refractivity contribution in [1.29, 1.82) is 0 Å². The molecule has 0 spiro atoms. The Balaban J connectivity index is 1.47. The van der Waals surface area contributed by atoms with Crippen molar-refractivity contribution in [2.75, 3.05) is 5.32 Å². The number of aromatic nitrogens is 3. The van der Waals surface area contributed by atoms with Gasteiger partial charge in [-0.3, -0.25) is 9.48 Å². The number of carbonyl (C=O) groups is 1. The van der Waals surface area contributed by atoms with Crippen LogP contribution in [0.4, 0.5) is 18.9 Å². The average molecular weight is 430 g/mol. The van der Waals surface area contributed by atoms with Crippen LogP contribution >= 0.6 is 11.3 Å². The molecule has 0 aliphatic heterocycles. The van der Waals surface area contributed by atoms with E-state index < -0.39 is 24.3 Å². The molecule has 9 heteroatoms. The SMILES string of the molecule is Cc1ccc2nc(-c3ccc(NC(=O)Cn4nc(C)cc4C(F)(F)F)cc3)sc2c1. The molecule has 0 aliphatic carbocycles. The zero-order valence-corrected chi connectivity index (χ0v) is 16.9. The van der Waals surface area contributed by atoms with Crippen LogP contribution in [0.3, 0.4) is 0 Å². The number of hydrogen-bond acceptors (Lipinski definition) is 4. The zero-order chi connectivity index (χ0) is 21.5. The topological polar surface area (TPSA) is 59.8 Å². The highest BCUT2D eigenvalue weighted by Gasteiger charge is 2.35. The third-order valence-corrected chi connectivity index (χ3v) is 5.51. The maximum atomic E-state index is 13.0. The number of nitrogens with one attached hydrogen (secondary N) is 1. The smallest absolute Gasteiger partial charge is 0.324 e. The molecule has 0 atom stereocenters. The number of halogens is 3. The summed E-state index contributed by atoms with van der Waals surface area (Å²) in [6, 6.07) is 14.0. The minimum Gasteiger partial charge on any atom is -0.324 e. The Morgan fingerprint density at radius 3 is 2.53 bits per heavy atom. The molecule has 1 amide bonds. The normalized spacial score (nSPS) is 11.8. The third kappa shape index (κ3) is 4.20. The van der Waals surface area contributed by atoms with Gasteiger partial charge in [0.15, 0.2) is 0 Å². The third-order valence-electron chi connectivity index (χ3n) is 4.45. The lowest BCUT2D eigenvalue weighted by atomic mass is 10.2. The van der Waals surface area contributed by atoms with Crippen molar-refractivity contribution in [2.45, 2.75) is 26.6 Å². The van der Waals surface area contributed by atoms with Gasteiger partial charge in [-0.1, -0.05) is 6.07 Å². The fourth-order valence-electron chi connectivity index (χ4n) is 3.08. The summed E-state index contributed by atoms with van der Waals surface area (Å²) < 4.78 is 40.9. The molecule has 2 aromatic heterocycles. The van der Waals surface area contributed by atoms with Gasteiger partial charge in [-0.05, 0) is 61.9 Å². The maximum absolute atomic E-state index is 13.0. The van der Waals surface area contributed by atoms with Crippen LogP contribution in [0.5, 0.6) is 0 Å². The number of fused-ring (bicyclic) bond motifs is 1. The molecule has 5 nitrogen and oxygen atoms in total. The fraction of sp³-hybridized carbons (Fsp3) is 0.190. The van der Waals surface area contributed by atoms with Gasteiger partial charge in [0.25, 0.3) is 0 Å². The molecule has 0 radical (unpaired) electrons. The Labute approximate surface area is 174 Å². The second kappa shape index (κ2) is 7.56. The quantitative estimate of drug-likeness (QED) is 0.469. The van der Waals surface area contributed by atoms with E-state index >= 15 is 0 Å². The summed E-state index contributed by atoms with van der Waals surface area (Å²) in [6.07, 6.45) is -4.57. The van der Waals surface area contributed by atoms with Gasteiger partial charge in [-0.25, -0.2) is 4.98 Å². The molecule has 0 aliphatic rings. The van der Waals surface area contributed by atoms with Crippen LogP contribution in [0, 0.1) is 13.8 Å². The summed E-state index contributed by atoms with van der Waals surface area (Å²) in [6.45, 7) is 2.95. The van der Waals surface area contributed by atoms with E-state index in [0.717, 1.165) is 32.4 Å². The van der Waals surface area contributed by atoms with Gasteiger partial charge in [0.1, 0.15) is 17.2 Å². The van der Waals surface area contributed by atoms with E-state index in [1.807, 2.05) is 31.2 Å². The Morgan fingerprint density at radius 1 is 1.10 bits per heavy atom. The van der Waals surface area contributed by atoms with Gasteiger partial charge in [-0.2, -0.15) is 18.3 Å². The van der Waals surface area contributed by atoms with Gasteiger partial charge in [0, 0.05) is 11.3 Å². The van der Waals surface area contributed by atoms with Crippen LogP contribution in [-0.4, -0.2) is 20.7 Å². The Bertz CT molecular complexity index is 1230. The number of thiazole rings is 1. The van der Waals surface area contributed by atoms with E-state index in [2.05, 4.69) is 21.5 Å². The molecule has 2 heterocycles. The highest BCUT2D eigenvalue weighted by molar-refractivity contribution is 7.21. The van der Waals surface area contributed by atoms with Crippen molar-refractivity contribution < 1.29 is 18.0 Å². The summed E-state index contributed by atoms with van der Waals surface area (Å²) in [5.74, 6) is -0.591. The lowest BCUT2D eigenvalue weighted by molar-refractivity contribution is -0.144.